The van der Waals surface area contributed by atoms with Crippen molar-refractivity contribution in [3.8, 4) is 5.75 Å². The number of nitrogens with zero attached hydrogens (tertiary/aromatic N) is 4. The zero-order chi connectivity index (χ0) is 20.2. The van der Waals surface area contributed by atoms with E-state index in [-0.39, 0.29) is 11.9 Å². The highest BCUT2D eigenvalue weighted by Gasteiger charge is 2.24. The van der Waals surface area contributed by atoms with Gasteiger partial charge in [0.25, 0.3) is 5.91 Å². The molecular weight excluding hydrogens is 366 g/mol. The molecule has 1 atom stereocenters. The fourth-order valence-electron chi connectivity index (χ4n) is 3.98. The Hall–Kier alpha value is -2.93. The van der Waals surface area contributed by atoms with Gasteiger partial charge < -0.3 is 10.1 Å². The Balaban J connectivity index is 1.49. The van der Waals surface area contributed by atoms with E-state index in [2.05, 4.69) is 32.7 Å². The van der Waals surface area contributed by atoms with Crippen LogP contribution in [-0.4, -0.2) is 52.5 Å². The second kappa shape index (κ2) is 8.61. The predicted molar refractivity (Wildman–Crippen MR) is 112 cm³/mol. The Bertz CT molecular complexity index is 977. The average Bonchev–Trinajstić information content (AvgIpc) is 3.43. The molecule has 1 fully saturated rings. The van der Waals surface area contributed by atoms with Crippen molar-refractivity contribution < 1.29 is 9.53 Å². The van der Waals surface area contributed by atoms with Gasteiger partial charge in [0.15, 0.2) is 0 Å². The molecule has 0 spiro atoms. The van der Waals surface area contributed by atoms with Crippen LogP contribution in [0.3, 0.4) is 0 Å². The molecule has 29 heavy (non-hydrogen) atoms. The van der Waals surface area contributed by atoms with Crippen LogP contribution >= 0.6 is 0 Å². The van der Waals surface area contributed by atoms with Crippen molar-refractivity contribution in [2.45, 2.75) is 32.4 Å². The van der Waals surface area contributed by atoms with E-state index in [4.69, 9.17) is 4.74 Å². The number of carbonyl (C=O) groups is 1. The molecular formula is C22H27N5O2. The van der Waals surface area contributed by atoms with Crippen molar-refractivity contribution in [2.75, 3.05) is 26.7 Å². The third-order valence-corrected chi connectivity index (χ3v) is 5.61. The molecule has 1 aromatic heterocycles. The molecule has 0 saturated carbocycles. The lowest BCUT2D eigenvalue weighted by Gasteiger charge is -2.28. The van der Waals surface area contributed by atoms with E-state index in [0.29, 0.717) is 12.1 Å². The SMILES string of the molecule is CCn1nnc2cc(C(=O)NC[C@H](c3ccc(OC)cc3)N3CCCC3)ccc21. The van der Waals surface area contributed by atoms with Crippen molar-refractivity contribution in [1.82, 2.24) is 25.2 Å². The van der Waals surface area contributed by atoms with Crippen molar-refractivity contribution in [3.05, 3.63) is 53.6 Å². The summed E-state index contributed by atoms with van der Waals surface area (Å²) >= 11 is 0. The Morgan fingerprint density at radius 1 is 1.17 bits per heavy atom. The molecule has 3 aromatic rings. The Labute approximate surface area is 170 Å². The van der Waals surface area contributed by atoms with Crippen LogP contribution in [0.25, 0.3) is 11.0 Å². The molecule has 4 rings (SSSR count). The van der Waals surface area contributed by atoms with E-state index in [1.165, 1.54) is 18.4 Å². The first-order valence-corrected chi connectivity index (χ1v) is 10.2. The molecule has 152 valence electrons. The molecule has 7 nitrogen and oxygen atoms in total. The maximum Gasteiger partial charge on any atom is 0.251 e. The van der Waals surface area contributed by atoms with E-state index in [1.807, 2.05) is 41.9 Å². The highest BCUT2D eigenvalue weighted by molar-refractivity contribution is 5.97. The standard InChI is InChI=1S/C22H27N5O2/c1-3-27-20-11-8-17(14-19(20)24-25-27)22(28)23-15-21(26-12-4-5-13-26)16-6-9-18(29-2)10-7-16/h6-11,14,21H,3-5,12-13,15H2,1-2H3,(H,23,28)/t21-/m1/s1. The van der Waals surface area contributed by atoms with Crippen molar-refractivity contribution in [1.29, 1.82) is 0 Å². The number of amides is 1. The highest BCUT2D eigenvalue weighted by atomic mass is 16.5. The Morgan fingerprint density at radius 2 is 1.93 bits per heavy atom. The number of benzene rings is 2. The number of fused-ring (bicyclic) bond motifs is 1. The molecule has 0 aliphatic carbocycles. The van der Waals surface area contributed by atoms with E-state index in [9.17, 15) is 4.79 Å². The molecule has 0 radical (unpaired) electrons. The van der Waals surface area contributed by atoms with Gasteiger partial charge >= 0.3 is 0 Å². The second-order valence-corrected chi connectivity index (χ2v) is 7.35. The van der Waals surface area contributed by atoms with Crippen molar-refractivity contribution >= 4 is 16.9 Å². The van der Waals surface area contributed by atoms with Crippen LogP contribution in [0.15, 0.2) is 42.5 Å². The number of ether oxygens (including phenoxy) is 1. The lowest BCUT2D eigenvalue weighted by molar-refractivity contribution is 0.0938. The maximum absolute atomic E-state index is 12.8. The van der Waals surface area contributed by atoms with Gasteiger partial charge in [-0.2, -0.15) is 0 Å². The third-order valence-electron chi connectivity index (χ3n) is 5.61. The minimum atomic E-state index is -0.0874. The normalized spacial score (nSPS) is 15.5. The number of aromatic nitrogens is 3. The van der Waals surface area contributed by atoms with Gasteiger partial charge in [0, 0.05) is 18.7 Å². The fraction of sp³-hybridized carbons (Fsp3) is 0.409. The first-order valence-electron chi connectivity index (χ1n) is 10.2. The van der Waals surface area contributed by atoms with Crippen LogP contribution in [0.1, 0.15) is 41.7 Å². The van der Waals surface area contributed by atoms with Crippen LogP contribution in [0.5, 0.6) is 5.75 Å². The molecule has 0 unspecified atom stereocenters. The first-order chi connectivity index (χ1) is 14.2. The summed E-state index contributed by atoms with van der Waals surface area (Å²) in [6.45, 7) is 5.44. The molecule has 2 aromatic carbocycles. The van der Waals surface area contributed by atoms with Crippen LogP contribution in [0.4, 0.5) is 0 Å². The summed E-state index contributed by atoms with van der Waals surface area (Å²) < 4.78 is 7.10. The largest absolute Gasteiger partial charge is 0.497 e. The van der Waals surface area contributed by atoms with Gasteiger partial charge in [-0.25, -0.2) is 4.68 Å². The minimum absolute atomic E-state index is 0.0874. The second-order valence-electron chi connectivity index (χ2n) is 7.35. The fourth-order valence-corrected chi connectivity index (χ4v) is 3.98. The third kappa shape index (κ3) is 4.10. The minimum Gasteiger partial charge on any atom is -0.497 e. The lowest BCUT2D eigenvalue weighted by Crippen LogP contribution is -2.36. The number of hydrogen-bond acceptors (Lipinski definition) is 5. The Morgan fingerprint density at radius 3 is 2.62 bits per heavy atom. The number of methoxy groups -OCH3 is 1. The van der Waals surface area contributed by atoms with Crippen LogP contribution in [0.2, 0.25) is 0 Å². The van der Waals surface area contributed by atoms with Crippen LogP contribution in [0, 0.1) is 0 Å². The van der Waals surface area contributed by atoms with E-state index >= 15 is 0 Å². The molecule has 1 N–H and O–H groups in total. The summed E-state index contributed by atoms with van der Waals surface area (Å²) in [6, 6.07) is 13.8. The molecule has 1 saturated heterocycles. The zero-order valence-corrected chi connectivity index (χ0v) is 17.0. The quantitative estimate of drug-likeness (QED) is 0.668. The van der Waals surface area contributed by atoms with Gasteiger partial charge in [-0.1, -0.05) is 17.3 Å². The van der Waals surface area contributed by atoms with Crippen LogP contribution in [-0.2, 0) is 6.54 Å². The summed E-state index contributed by atoms with van der Waals surface area (Å²) in [4.78, 5) is 15.3. The molecule has 7 heteroatoms. The monoisotopic (exact) mass is 393 g/mol. The smallest absolute Gasteiger partial charge is 0.251 e. The van der Waals surface area contributed by atoms with Gasteiger partial charge in [0.2, 0.25) is 0 Å². The highest BCUT2D eigenvalue weighted by Crippen LogP contribution is 2.26. The van der Waals surface area contributed by atoms with E-state index < -0.39 is 0 Å². The zero-order valence-electron chi connectivity index (χ0n) is 17.0. The van der Waals surface area contributed by atoms with Crippen LogP contribution < -0.4 is 10.1 Å². The van der Waals surface area contributed by atoms with E-state index in [1.54, 1.807) is 7.11 Å². The molecule has 1 amide bonds. The topological polar surface area (TPSA) is 72.3 Å². The summed E-state index contributed by atoms with van der Waals surface area (Å²) in [5.74, 6) is 0.752. The van der Waals surface area contributed by atoms with Gasteiger partial charge in [-0.15, -0.1) is 5.10 Å². The summed E-state index contributed by atoms with van der Waals surface area (Å²) in [5, 5.41) is 11.4. The molecule has 1 aliphatic rings. The number of aryl methyl sites for hydroxylation is 1. The van der Waals surface area contributed by atoms with Gasteiger partial charge in [-0.3, -0.25) is 9.69 Å². The number of rotatable bonds is 7. The predicted octanol–water partition coefficient (Wildman–Crippen LogP) is 3.03. The lowest BCUT2D eigenvalue weighted by atomic mass is 10.0. The first kappa shape index (κ1) is 19.4. The Kier molecular flexibility index (Phi) is 5.76. The molecule has 2 heterocycles. The summed E-state index contributed by atoms with van der Waals surface area (Å²) in [5.41, 5.74) is 3.48. The van der Waals surface area contributed by atoms with Crippen molar-refractivity contribution in [3.63, 3.8) is 0 Å². The summed E-state index contributed by atoms with van der Waals surface area (Å²) in [6.07, 6.45) is 2.40. The molecule has 0 bridgehead atoms. The van der Waals surface area contributed by atoms with Gasteiger partial charge in [-0.05, 0) is 68.8 Å². The van der Waals surface area contributed by atoms with E-state index in [0.717, 1.165) is 36.4 Å². The average molecular weight is 393 g/mol. The number of nitrogens with one attached hydrogen (secondary N) is 1. The number of carbonyl (C=O) groups excluding carboxylic acids is 1. The molecule has 1 aliphatic heterocycles. The van der Waals surface area contributed by atoms with Crippen molar-refractivity contribution in [2.24, 2.45) is 0 Å². The number of likely N-dealkylation sites (tertiary alicyclic amines) is 1. The van der Waals surface area contributed by atoms with Gasteiger partial charge in [0.05, 0.1) is 18.7 Å². The summed E-state index contributed by atoms with van der Waals surface area (Å²) in [7, 11) is 1.67. The maximum atomic E-state index is 12.8. The van der Waals surface area contributed by atoms with Gasteiger partial charge in [0.1, 0.15) is 11.3 Å². The number of hydrogen-bond donors (Lipinski definition) is 1.